The third-order valence-corrected chi connectivity index (χ3v) is 3.03. The van der Waals surface area contributed by atoms with E-state index in [2.05, 4.69) is 5.10 Å². The SMILES string of the molecule is Cc1nn(C)cc1CN(C)C(=O)c1ccc(F)cc1F. The first kappa shape index (κ1) is 14.2. The molecule has 0 saturated heterocycles. The molecule has 1 aromatic carbocycles. The maximum absolute atomic E-state index is 13.6. The van der Waals surface area contributed by atoms with Gasteiger partial charge in [-0.2, -0.15) is 5.10 Å². The van der Waals surface area contributed by atoms with E-state index < -0.39 is 17.5 Å². The average Bonchev–Trinajstić information content (AvgIpc) is 2.67. The number of hydrogen-bond donors (Lipinski definition) is 0. The number of aromatic nitrogens is 2. The smallest absolute Gasteiger partial charge is 0.256 e. The lowest BCUT2D eigenvalue weighted by atomic mass is 10.1. The Balaban J connectivity index is 2.18. The summed E-state index contributed by atoms with van der Waals surface area (Å²) in [5.74, 6) is -2.06. The molecular weight excluding hydrogens is 264 g/mol. The number of aryl methyl sites for hydroxylation is 2. The van der Waals surface area contributed by atoms with Gasteiger partial charge in [0.15, 0.2) is 0 Å². The van der Waals surface area contributed by atoms with E-state index in [0.29, 0.717) is 12.6 Å². The Bertz CT molecular complexity index is 652. The fraction of sp³-hybridized carbons (Fsp3) is 0.286. The van der Waals surface area contributed by atoms with Crippen LogP contribution in [0.25, 0.3) is 0 Å². The van der Waals surface area contributed by atoms with Gasteiger partial charge in [-0.25, -0.2) is 8.78 Å². The van der Waals surface area contributed by atoms with Crippen LogP contribution < -0.4 is 0 Å². The van der Waals surface area contributed by atoms with Gasteiger partial charge in [-0.3, -0.25) is 9.48 Å². The molecule has 0 unspecified atom stereocenters. The minimum absolute atomic E-state index is 0.143. The first-order valence-corrected chi connectivity index (χ1v) is 6.08. The summed E-state index contributed by atoms with van der Waals surface area (Å²) in [5.41, 5.74) is 1.55. The highest BCUT2D eigenvalue weighted by Gasteiger charge is 2.18. The predicted octanol–water partition coefficient (Wildman–Crippen LogP) is 2.28. The number of nitrogens with zero attached hydrogens (tertiary/aromatic N) is 3. The largest absolute Gasteiger partial charge is 0.337 e. The molecular formula is C14H15F2N3O. The van der Waals surface area contributed by atoms with Gasteiger partial charge in [0.25, 0.3) is 5.91 Å². The third kappa shape index (κ3) is 2.84. The Morgan fingerprint density at radius 1 is 1.40 bits per heavy atom. The van der Waals surface area contributed by atoms with Gasteiger partial charge in [-0.1, -0.05) is 0 Å². The maximum Gasteiger partial charge on any atom is 0.256 e. The number of benzene rings is 1. The van der Waals surface area contributed by atoms with Crippen molar-refractivity contribution < 1.29 is 13.6 Å². The van der Waals surface area contributed by atoms with Crippen LogP contribution in [0.3, 0.4) is 0 Å². The molecule has 20 heavy (non-hydrogen) atoms. The third-order valence-electron chi connectivity index (χ3n) is 3.03. The fourth-order valence-electron chi connectivity index (χ4n) is 2.00. The molecule has 0 aliphatic carbocycles. The highest BCUT2D eigenvalue weighted by molar-refractivity contribution is 5.94. The van der Waals surface area contributed by atoms with Crippen molar-refractivity contribution >= 4 is 5.91 Å². The summed E-state index contributed by atoms with van der Waals surface area (Å²) in [6.45, 7) is 2.15. The van der Waals surface area contributed by atoms with Crippen molar-refractivity contribution in [1.82, 2.24) is 14.7 Å². The second-order valence-electron chi connectivity index (χ2n) is 4.70. The molecule has 2 rings (SSSR count). The van der Waals surface area contributed by atoms with Gasteiger partial charge in [-0.05, 0) is 19.1 Å². The summed E-state index contributed by atoms with van der Waals surface area (Å²) >= 11 is 0. The fourth-order valence-corrected chi connectivity index (χ4v) is 2.00. The quantitative estimate of drug-likeness (QED) is 0.864. The van der Waals surface area contributed by atoms with Gasteiger partial charge in [-0.15, -0.1) is 0 Å². The van der Waals surface area contributed by atoms with Crippen LogP contribution in [0.1, 0.15) is 21.6 Å². The second kappa shape index (κ2) is 5.40. The lowest BCUT2D eigenvalue weighted by Gasteiger charge is -2.17. The lowest BCUT2D eigenvalue weighted by molar-refractivity contribution is 0.0780. The average molecular weight is 279 g/mol. The van der Waals surface area contributed by atoms with Crippen molar-refractivity contribution in [2.24, 2.45) is 7.05 Å². The van der Waals surface area contributed by atoms with Gasteiger partial charge in [0.2, 0.25) is 0 Å². The number of rotatable bonds is 3. The Labute approximate surface area is 115 Å². The van der Waals surface area contributed by atoms with E-state index in [9.17, 15) is 13.6 Å². The molecule has 0 aliphatic heterocycles. The van der Waals surface area contributed by atoms with Gasteiger partial charge >= 0.3 is 0 Å². The van der Waals surface area contributed by atoms with E-state index in [4.69, 9.17) is 0 Å². The predicted molar refractivity (Wildman–Crippen MR) is 70.1 cm³/mol. The summed E-state index contributed by atoms with van der Waals surface area (Å²) in [5, 5.41) is 4.18. The van der Waals surface area contributed by atoms with Crippen LogP contribution >= 0.6 is 0 Å². The number of carbonyl (C=O) groups excluding carboxylic acids is 1. The molecule has 0 aliphatic rings. The first-order chi connectivity index (χ1) is 9.38. The van der Waals surface area contributed by atoms with Crippen molar-refractivity contribution in [3.8, 4) is 0 Å². The van der Waals surface area contributed by atoms with Crippen LogP contribution in [0.2, 0.25) is 0 Å². The Morgan fingerprint density at radius 2 is 2.10 bits per heavy atom. The summed E-state index contributed by atoms with van der Waals surface area (Å²) in [6.07, 6.45) is 1.81. The molecule has 2 aromatic rings. The highest BCUT2D eigenvalue weighted by Crippen LogP contribution is 2.14. The van der Waals surface area contributed by atoms with Gasteiger partial charge in [0, 0.05) is 38.5 Å². The van der Waals surface area contributed by atoms with E-state index in [-0.39, 0.29) is 5.56 Å². The van der Waals surface area contributed by atoms with E-state index in [1.165, 1.54) is 4.90 Å². The topological polar surface area (TPSA) is 38.1 Å². The number of hydrogen-bond acceptors (Lipinski definition) is 2. The summed E-state index contributed by atoms with van der Waals surface area (Å²) < 4.78 is 28.1. The van der Waals surface area contributed by atoms with Crippen LogP contribution in [0.5, 0.6) is 0 Å². The molecule has 1 aromatic heterocycles. The van der Waals surface area contributed by atoms with Crippen molar-refractivity contribution in [2.45, 2.75) is 13.5 Å². The molecule has 0 radical (unpaired) electrons. The highest BCUT2D eigenvalue weighted by atomic mass is 19.1. The van der Waals surface area contributed by atoms with Gasteiger partial charge in [0.1, 0.15) is 11.6 Å². The Kier molecular flexibility index (Phi) is 3.83. The van der Waals surface area contributed by atoms with E-state index in [1.807, 2.05) is 6.92 Å². The van der Waals surface area contributed by atoms with Crippen LogP contribution in [0, 0.1) is 18.6 Å². The summed E-state index contributed by atoms with van der Waals surface area (Å²) in [7, 11) is 3.36. The van der Waals surface area contributed by atoms with Crippen LogP contribution in [-0.4, -0.2) is 27.6 Å². The lowest BCUT2D eigenvalue weighted by Crippen LogP contribution is -2.27. The molecule has 0 spiro atoms. The Morgan fingerprint density at radius 3 is 2.65 bits per heavy atom. The van der Waals surface area contributed by atoms with E-state index >= 15 is 0 Å². The molecule has 6 heteroatoms. The zero-order valence-corrected chi connectivity index (χ0v) is 11.5. The zero-order chi connectivity index (χ0) is 14.9. The summed E-state index contributed by atoms with van der Waals surface area (Å²) in [6, 6.07) is 2.93. The molecule has 1 amide bonds. The molecule has 0 N–H and O–H groups in total. The molecule has 1 heterocycles. The molecule has 0 saturated carbocycles. The van der Waals surface area contributed by atoms with Crippen molar-refractivity contribution in [3.05, 3.63) is 52.9 Å². The molecule has 0 atom stereocenters. The number of amides is 1. The monoisotopic (exact) mass is 279 g/mol. The van der Waals surface area contributed by atoms with E-state index in [0.717, 1.165) is 23.4 Å². The number of halogens is 2. The molecule has 0 fully saturated rings. The second-order valence-corrected chi connectivity index (χ2v) is 4.70. The van der Waals surface area contributed by atoms with Crippen molar-refractivity contribution in [2.75, 3.05) is 7.05 Å². The minimum Gasteiger partial charge on any atom is -0.337 e. The molecule has 4 nitrogen and oxygen atoms in total. The maximum atomic E-state index is 13.6. The minimum atomic E-state index is -0.857. The summed E-state index contributed by atoms with van der Waals surface area (Å²) in [4.78, 5) is 13.5. The Hall–Kier alpha value is -2.24. The van der Waals surface area contributed by atoms with Gasteiger partial charge < -0.3 is 4.90 Å². The number of carbonyl (C=O) groups is 1. The molecule has 0 bridgehead atoms. The van der Waals surface area contributed by atoms with Crippen molar-refractivity contribution in [1.29, 1.82) is 0 Å². The molecule has 106 valence electrons. The van der Waals surface area contributed by atoms with Crippen LogP contribution in [0.4, 0.5) is 8.78 Å². The van der Waals surface area contributed by atoms with Crippen molar-refractivity contribution in [3.63, 3.8) is 0 Å². The van der Waals surface area contributed by atoms with Crippen LogP contribution in [-0.2, 0) is 13.6 Å². The van der Waals surface area contributed by atoms with E-state index in [1.54, 1.807) is 25.0 Å². The van der Waals surface area contributed by atoms with Crippen LogP contribution in [0.15, 0.2) is 24.4 Å². The standard InChI is InChI=1S/C14H15F2N3O/c1-9-10(8-19(3)17-9)7-18(2)14(20)12-5-4-11(15)6-13(12)16/h4-6,8H,7H2,1-3H3. The normalized spacial score (nSPS) is 10.7. The van der Waals surface area contributed by atoms with Gasteiger partial charge in [0.05, 0.1) is 11.3 Å². The zero-order valence-electron chi connectivity index (χ0n) is 11.5. The first-order valence-electron chi connectivity index (χ1n) is 6.08.